The molecule has 3 unspecified atom stereocenters. The van der Waals surface area contributed by atoms with E-state index in [0.29, 0.717) is 25.4 Å². The fourth-order valence-corrected chi connectivity index (χ4v) is 4.47. The third kappa shape index (κ3) is 1.92. The first-order chi connectivity index (χ1) is 11.7. The van der Waals surface area contributed by atoms with Crippen LogP contribution < -0.4 is 18.9 Å². The molecule has 1 aliphatic carbocycles. The predicted molar refractivity (Wildman–Crippen MR) is 89.2 cm³/mol. The highest BCUT2D eigenvalue weighted by molar-refractivity contribution is 5.59. The van der Waals surface area contributed by atoms with Gasteiger partial charge in [0.1, 0.15) is 0 Å². The summed E-state index contributed by atoms with van der Waals surface area (Å²) in [6.07, 6.45) is 1.16. The van der Waals surface area contributed by atoms with E-state index >= 15 is 0 Å². The van der Waals surface area contributed by atoms with Gasteiger partial charge >= 0.3 is 0 Å². The maximum Gasteiger partial charge on any atom is 0.231 e. The third-order valence-corrected chi connectivity index (χ3v) is 5.50. The summed E-state index contributed by atoms with van der Waals surface area (Å²) in [4.78, 5) is 0. The van der Waals surface area contributed by atoms with E-state index < -0.39 is 0 Å². The number of rotatable bonds is 1. The summed E-state index contributed by atoms with van der Waals surface area (Å²) in [7, 11) is 0. The minimum absolute atomic E-state index is 0.280. The summed E-state index contributed by atoms with van der Waals surface area (Å²) in [6.45, 7) is 5.23. The largest absolute Gasteiger partial charge is 0.454 e. The predicted octanol–water partition coefficient (Wildman–Crippen LogP) is 4.42. The highest BCUT2D eigenvalue weighted by Crippen LogP contribution is 2.53. The summed E-state index contributed by atoms with van der Waals surface area (Å²) >= 11 is 0. The Morgan fingerprint density at radius 1 is 0.833 bits per heavy atom. The molecule has 0 fully saturated rings. The fourth-order valence-electron chi connectivity index (χ4n) is 4.47. The standard InChI is InChI=1S/C20H20O4/c1-11-7-12(2)18(13-3-5-15-17(8-13)23-9-21-15)19-14(11)4-6-16-20(19)24-10-22-16/h3-6,8,11-12,18H,7,9-10H2,1-2H3. The SMILES string of the molecule is CC1CC(C)C(c2ccc3c(c2)OCO3)c2c1ccc1c2OCO1. The second-order valence-corrected chi connectivity index (χ2v) is 7.01. The molecule has 24 heavy (non-hydrogen) atoms. The molecule has 0 aromatic heterocycles. The van der Waals surface area contributed by atoms with Gasteiger partial charge in [0, 0.05) is 11.5 Å². The first-order valence-corrected chi connectivity index (χ1v) is 8.54. The van der Waals surface area contributed by atoms with Gasteiger partial charge in [0.25, 0.3) is 0 Å². The molecule has 2 heterocycles. The van der Waals surface area contributed by atoms with Crippen LogP contribution in [0.1, 0.15) is 48.8 Å². The molecule has 0 spiro atoms. The quantitative estimate of drug-likeness (QED) is 0.778. The van der Waals surface area contributed by atoms with Gasteiger partial charge in [-0.25, -0.2) is 0 Å². The van der Waals surface area contributed by atoms with E-state index in [2.05, 4.69) is 32.0 Å². The normalized spacial score (nSPS) is 26.3. The Kier molecular flexibility index (Phi) is 2.96. The zero-order valence-corrected chi connectivity index (χ0v) is 13.9. The Labute approximate surface area is 141 Å². The molecule has 124 valence electrons. The van der Waals surface area contributed by atoms with Crippen molar-refractivity contribution in [2.45, 2.75) is 32.1 Å². The minimum atomic E-state index is 0.280. The molecule has 3 atom stereocenters. The summed E-state index contributed by atoms with van der Waals surface area (Å²) in [5.41, 5.74) is 3.92. The van der Waals surface area contributed by atoms with E-state index in [0.717, 1.165) is 29.4 Å². The topological polar surface area (TPSA) is 36.9 Å². The van der Waals surface area contributed by atoms with Crippen LogP contribution in [0.4, 0.5) is 0 Å². The number of hydrogen-bond donors (Lipinski definition) is 0. The number of hydrogen-bond acceptors (Lipinski definition) is 4. The van der Waals surface area contributed by atoms with E-state index in [-0.39, 0.29) is 5.92 Å². The van der Waals surface area contributed by atoms with Crippen LogP contribution in [0.5, 0.6) is 23.0 Å². The molecule has 0 N–H and O–H groups in total. The summed E-state index contributed by atoms with van der Waals surface area (Å²) in [6, 6.07) is 10.6. The van der Waals surface area contributed by atoms with Crippen LogP contribution in [-0.4, -0.2) is 13.6 Å². The maximum atomic E-state index is 5.86. The Bertz CT molecular complexity index is 814. The molecule has 2 aromatic rings. The van der Waals surface area contributed by atoms with Gasteiger partial charge in [-0.15, -0.1) is 0 Å². The molecule has 0 radical (unpaired) electrons. The molecule has 0 bridgehead atoms. The highest BCUT2D eigenvalue weighted by Gasteiger charge is 2.37. The molecule has 0 saturated carbocycles. The van der Waals surface area contributed by atoms with Gasteiger partial charge in [0.05, 0.1) is 0 Å². The molecule has 0 saturated heterocycles. The second-order valence-electron chi connectivity index (χ2n) is 7.01. The van der Waals surface area contributed by atoms with E-state index in [4.69, 9.17) is 18.9 Å². The Morgan fingerprint density at radius 2 is 1.58 bits per heavy atom. The Hall–Kier alpha value is -2.36. The number of fused-ring (bicyclic) bond motifs is 4. The Morgan fingerprint density at radius 3 is 2.50 bits per heavy atom. The van der Waals surface area contributed by atoms with Gasteiger partial charge in [-0.05, 0) is 47.6 Å². The smallest absolute Gasteiger partial charge is 0.231 e. The zero-order chi connectivity index (χ0) is 16.3. The molecule has 4 nitrogen and oxygen atoms in total. The van der Waals surface area contributed by atoms with E-state index in [9.17, 15) is 0 Å². The van der Waals surface area contributed by atoms with Crippen molar-refractivity contribution >= 4 is 0 Å². The lowest BCUT2D eigenvalue weighted by atomic mass is 9.68. The van der Waals surface area contributed by atoms with Crippen LogP contribution in [-0.2, 0) is 0 Å². The minimum Gasteiger partial charge on any atom is -0.454 e. The lowest BCUT2D eigenvalue weighted by molar-refractivity contribution is 0.172. The van der Waals surface area contributed by atoms with Crippen molar-refractivity contribution in [1.82, 2.24) is 0 Å². The molecule has 3 aliphatic rings. The monoisotopic (exact) mass is 324 g/mol. The van der Waals surface area contributed by atoms with Gasteiger partial charge < -0.3 is 18.9 Å². The van der Waals surface area contributed by atoms with Gasteiger partial charge in [0.2, 0.25) is 13.6 Å². The van der Waals surface area contributed by atoms with E-state index in [1.165, 1.54) is 16.7 Å². The van der Waals surface area contributed by atoms with Crippen molar-refractivity contribution in [3.63, 3.8) is 0 Å². The summed E-state index contributed by atoms with van der Waals surface area (Å²) in [5, 5.41) is 0. The number of benzene rings is 2. The molecule has 5 rings (SSSR count). The van der Waals surface area contributed by atoms with E-state index in [1.54, 1.807) is 0 Å². The molecule has 2 aromatic carbocycles. The summed E-state index contributed by atoms with van der Waals surface area (Å²) in [5.74, 6) is 4.77. The molecule has 4 heteroatoms. The summed E-state index contributed by atoms with van der Waals surface area (Å²) < 4.78 is 22.5. The van der Waals surface area contributed by atoms with Gasteiger partial charge in [-0.2, -0.15) is 0 Å². The first-order valence-electron chi connectivity index (χ1n) is 8.54. The van der Waals surface area contributed by atoms with Gasteiger partial charge in [-0.1, -0.05) is 26.0 Å². The fraction of sp³-hybridized carbons (Fsp3) is 0.400. The van der Waals surface area contributed by atoms with Crippen LogP contribution in [0.2, 0.25) is 0 Å². The van der Waals surface area contributed by atoms with Crippen LogP contribution in [0.3, 0.4) is 0 Å². The molecular formula is C20H20O4. The van der Waals surface area contributed by atoms with Crippen molar-refractivity contribution in [2.75, 3.05) is 13.6 Å². The average Bonchev–Trinajstić information content (AvgIpc) is 3.23. The lowest BCUT2D eigenvalue weighted by Gasteiger charge is -2.36. The lowest BCUT2D eigenvalue weighted by Crippen LogP contribution is -2.22. The average molecular weight is 324 g/mol. The Balaban J connectivity index is 1.69. The maximum absolute atomic E-state index is 5.86. The van der Waals surface area contributed by atoms with Crippen molar-refractivity contribution < 1.29 is 18.9 Å². The molecule has 2 aliphatic heterocycles. The van der Waals surface area contributed by atoms with Crippen molar-refractivity contribution in [2.24, 2.45) is 5.92 Å². The molecular weight excluding hydrogens is 304 g/mol. The van der Waals surface area contributed by atoms with Crippen LogP contribution >= 0.6 is 0 Å². The van der Waals surface area contributed by atoms with Crippen LogP contribution in [0, 0.1) is 5.92 Å². The first kappa shape index (κ1) is 14.0. The van der Waals surface area contributed by atoms with Crippen molar-refractivity contribution in [1.29, 1.82) is 0 Å². The zero-order valence-electron chi connectivity index (χ0n) is 13.9. The van der Waals surface area contributed by atoms with Crippen LogP contribution in [0.15, 0.2) is 30.3 Å². The second kappa shape index (κ2) is 5.07. The number of ether oxygens (including phenoxy) is 4. The van der Waals surface area contributed by atoms with Crippen LogP contribution in [0.25, 0.3) is 0 Å². The highest BCUT2D eigenvalue weighted by atomic mass is 16.7. The van der Waals surface area contributed by atoms with Crippen molar-refractivity contribution in [3.05, 3.63) is 47.0 Å². The molecule has 0 amide bonds. The van der Waals surface area contributed by atoms with Gasteiger partial charge in [0.15, 0.2) is 23.0 Å². The van der Waals surface area contributed by atoms with Crippen molar-refractivity contribution in [3.8, 4) is 23.0 Å². The third-order valence-electron chi connectivity index (χ3n) is 5.50. The van der Waals surface area contributed by atoms with E-state index in [1.807, 2.05) is 12.1 Å². The van der Waals surface area contributed by atoms with Gasteiger partial charge in [-0.3, -0.25) is 0 Å².